The number of hydrogen-bond donors (Lipinski definition) is 1. The average molecular weight is 189 g/mol. The Bertz CT molecular complexity index is 403. The van der Waals surface area contributed by atoms with E-state index >= 15 is 0 Å². The third-order valence-electron chi connectivity index (χ3n) is 2.14. The van der Waals surface area contributed by atoms with Crippen molar-refractivity contribution in [2.75, 3.05) is 0 Å². The van der Waals surface area contributed by atoms with Gasteiger partial charge < -0.3 is 9.55 Å². The Morgan fingerprint density at radius 1 is 1.57 bits per heavy atom. The second kappa shape index (κ2) is 3.91. The van der Waals surface area contributed by atoms with Gasteiger partial charge in [0.2, 0.25) is 0 Å². The van der Waals surface area contributed by atoms with Crippen molar-refractivity contribution < 1.29 is 4.79 Å². The van der Waals surface area contributed by atoms with Crippen LogP contribution in [0, 0.1) is 0 Å². The molecule has 0 fully saturated rings. The molecule has 0 aliphatic rings. The molecular formula is C10H11N3O. The lowest BCUT2D eigenvalue weighted by Gasteiger charge is -2.02. The summed E-state index contributed by atoms with van der Waals surface area (Å²) in [7, 11) is 0. The van der Waals surface area contributed by atoms with E-state index in [9.17, 15) is 4.79 Å². The summed E-state index contributed by atoms with van der Waals surface area (Å²) in [6.45, 7) is 0.772. The molecule has 0 amide bonds. The van der Waals surface area contributed by atoms with Crippen LogP contribution in [0.1, 0.15) is 16.3 Å². The highest BCUT2D eigenvalue weighted by Crippen LogP contribution is 2.00. The summed E-state index contributed by atoms with van der Waals surface area (Å²) in [6.07, 6.45) is 6.99. The van der Waals surface area contributed by atoms with Gasteiger partial charge in [-0.2, -0.15) is 0 Å². The molecule has 0 aliphatic carbocycles. The number of H-pyrrole nitrogens is 1. The third-order valence-corrected chi connectivity index (χ3v) is 2.14. The maximum atomic E-state index is 10.6. The largest absolute Gasteiger partial charge is 0.365 e. The number of rotatable bonds is 4. The molecule has 0 atom stereocenters. The smallest absolute Gasteiger partial charge is 0.185 e. The maximum Gasteiger partial charge on any atom is 0.185 e. The van der Waals surface area contributed by atoms with E-state index in [2.05, 4.69) is 9.97 Å². The molecule has 0 aliphatic heterocycles. The number of hydrogen-bond acceptors (Lipinski definition) is 2. The molecule has 0 bridgehead atoms. The molecule has 0 spiro atoms. The predicted octanol–water partition coefficient (Wildman–Crippen LogP) is 1.27. The molecule has 2 aromatic heterocycles. The first kappa shape index (κ1) is 8.74. The lowest BCUT2D eigenvalue weighted by molar-refractivity contribution is 0.111. The van der Waals surface area contributed by atoms with E-state index in [1.807, 2.05) is 29.1 Å². The van der Waals surface area contributed by atoms with Crippen LogP contribution in [0.5, 0.6) is 0 Å². The van der Waals surface area contributed by atoms with Crippen molar-refractivity contribution in [1.82, 2.24) is 14.5 Å². The minimum absolute atomic E-state index is 0.483. The summed E-state index contributed by atoms with van der Waals surface area (Å²) < 4.78 is 1.84. The first-order chi connectivity index (χ1) is 6.90. The van der Waals surface area contributed by atoms with Crippen molar-refractivity contribution >= 4 is 6.29 Å². The number of carbonyl (C=O) groups excluding carboxylic acids is 1. The number of aromatic nitrogens is 3. The van der Waals surface area contributed by atoms with Crippen molar-refractivity contribution in [3.8, 4) is 0 Å². The van der Waals surface area contributed by atoms with Gasteiger partial charge in [-0.3, -0.25) is 4.79 Å². The Kier molecular flexibility index (Phi) is 2.44. The van der Waals surface area contributed by atoms with Crippen molar-refractivity contribution in [3.63, 3.8) is 0 Å². The fourth-order valence-electron chi connectivity index (χ4n) is 1.39. The first-order valence-corrected chi connectivity index (χ1v) is 4.49. The van der Waals surface area contributed by atoms with Gasteiger partial charge in [0.05, 0.1) is 0 Å². The van der Waals surface area contributed by atoms with Gasteiger partial charge >= 0.3 is 0 Å². The van der Waals surface area contributed by atoms with Crippen LogP contribution < -0.4 is 0 Å². The van der Waals surface area contributed by atoms with E-state index in [0.29, 0.717) is 5.82 Å². The zero-order valence-electron chi connectivity index (χ0n) is 7.68. The van der Waals surface area contributed by atoms with Gasteiger partial charge in [0.15, 0.2) is 12.1 Å². The second-order valence-corrected chi connectivity index (χ2v) is 3.04. The quantitative estimate of drug-likeness (QED) is 0.736. The molecule has 4 nitrogen and oxygen atoms in total. The molecule has 2 heterocycles. The standard InChI is InChI=1S/C10H11N3O/c14-8-10-12-5-7-13(10)6-3-9-2-1-4-11-9/h1-2,4-5,7-8,11H,3,6H2. The summed E-state index contributed by atoms with van der Waals surface area (Å²) in [4.78, 5) is 17.6. The minimum atomic E-state index is 0.483. The molecule has 72 valence electrons. The van der Waals surface area contributed by atoms with Gasteiger partial charge in [-0.05, 0) is 12.1 Å². The molecular weight excluding hydrogens is 178 g/mol. The molecule has 14 heavy (non-hydrogen) atoms. The van der Waals surface area contributed by atoms with Gasteiger partial charge in [0.1, 0.15) is 0 Å². The SMILES string of the molecule is O=Cc1nccn1CCc1ccc[nH]1. The topological polar surface area (TPSA) is 50.7 Å². The van der Waals surface area contributed by atoms with Gasteiger partial charge in [0, 0.05) is 37.3 Å². The highest BCUT2D eigenvalue weighted by molar-refractivity contribution is 5.69. The van der Waals surface area contributed by atoms with E-state index in [1.165, 1.54) is 0 Å². The van der Waals surface area contributed by atoms with Crippen LogP contribution in [-0.2, 0) is 13.0 Å². The predicted molar refractivity (Wildman–Crippen MR) is 52.1 cm³/mol. The van der Waals surface area contributed by atoms with Crippen LogP contribution in [0.15, 0.2) is 30.7 Å². The summed E-state index contributed by atoms with van der Waals surface area (Å²) in [5, 5.41) is 0. The molecule has 0 unspecified atom stereocenters. The number of aromatic amines is 1. The number of nitrogens with zero attached hydrogens (tertiary/aromatic N) is 2. The molecule has 0 radical (unpaired) electrons. The van der Waals surface area contributed by atoms with Crippen molar-refractivity contribution in [2.45, 2.75) is 13.0 Å². The fraction of sp³-hybridized carbons (Fsp3) is 0.200. The van der Waals surface area contributed by atoms with Crippen LogP contribution in [0.2, 0.25) is 0 Å². The number of imidazole rings is 1. The van der Waals surface area contributed by atoms with Gasteiger partial charge in [0.25, 0.3) is 0 Å². The van der Waals surface area contributed by atoms with Crippen LogP contribution in [0.4, 0.5) is 0 Å². The summed E-state index contributed by atoms with van der Waals surface area (Å²) in [5.41, 5.74) is 1.16. The Balaban J connectivity index is 2.01. The van der Waals surface area contributed by atoms with Crippen LogP contribution in [-0.4, -0.2) is 20.8 Å². The average Bonchev–Trinajstić information content (AvgIpc) is 2.85. The number of aldehydes is 1. The Morgan fingerprint density at radius 2 is 2.50 bits per heavy atom. The normalized spacial score (nSPS) is 10.3. The second-order valence-electron chi connectivity index (χ2n) is 3.04. The van der Waals surface area contributed by atoms with Crippen LogP contribution in [0.3, 0.4) is 0 Å². The monoisotopic (exact) mass is 189 g/mol. The summed E-state index contributed by atoms with van der Waals surface area (Å²) in [5.74, 6) is 0.483. The third kappa shape index (κ3) is 1.74. The minimum Gasteiger partial charge on any atom is -0.365 e. The van der Waals surface area contributed by atoms with Crippen molar-refractivity contribution in [2.24, 2.45) is 0 Å². The molecule has 0 aromatic carbocycles. The van der Waals surface area contributed by atoms with E-state index < -0.39 is 0 Å². The Labute approximate surface area is 81.6 Å². The fourth-order valence-corrected chi connectivity index (χ4v) is 1.39. The van der Waals surface area contributed by atoms with Crippen molar-refractivity contribution in [3.05, 3.63) is 42.2 Å². The highest BCUT2D eigenvalue weighted by atomic mass is 16.1. The van der Waals surface area contributed by atoms with Gasteiger partial charge in [-0.25, -0.2) is 4.98 Å². The lowest BCUT2D eigenvalue weighted by Crippen LogP contribution is -2.04. The first-order valence-electron chi connectivity index (χ1n) is 4.49. The Morgan fingerprint density at radius 3 is 3.21 bits per heavy atom. The number of nitrogens with one attached hydrogen (secondary N) is 1. The van der Waals surface area contributed by atoms with Crippen molar-refractivity contribution in [1.29, 1.82) is 0 Å². The molecule has 2 aromatic rings. The maximum absolute atomic E-state index is 10.6. The summed E-state index contributed by atoms with van der Waals surface area (Å²) >= 11 is 0. The van der Waals surface area contributed by atoms with E-state index in [4.69, 9.17) is 0 Å². The van der Waals surface area contributed by atoms with E-state index in [1.54, 1.807) is 6.20 Å². The van der Waals surface area contributed by atoms with Gasteiger partial charge in [-0.1, -0.05) is 0 Å². The summed E-state index contributed by atoms with van der Waals surface area (Å²) in [6, 6.07) is 3.99. The van der Waals surface area contributed by atoms with E-state index in [0.717, 1.165) is 24.9 Å². The number of aryl methyl sites for hydroxylation is 2. The Hall–Kier alpha value is -1.84. The molecule has 0 saturated heterocycles. The van der Waals surface area contributed by atoms with Crippen LogP contribution >= 0.6 is 0 Å². The van der Waals surface area contributed by atoms with E-state index in [-0.39, 0.29) is 0 Å². The molecule has 4 heteroatoms. The molecule has 1 N–H and O–H groups in total. The highest BCUT2D eigenvalue weighted by Gasteiger charge is 2.00. The zero-order chi connectivity index (χ0) is 9.80. The zero-order valence-corrected chi connectivity index (χ0v) is 7.68. The molecule has 2 rings (SSSR count). The number of carbonyl (C=O) groups is 1. The lowest BCUT2D eigenvalue weighted by atomic mass is 10.3. The van der Waals surface area contributed by atoms with Gasteiger partial charge in [-0.15, -0.1) is 0 Å². The van der Waals surface area contributed by atoms with Crippen LogP contribution in [0.25, 0.3) is 0 Å². The molecule has 0 saturated carbocycles.